The van der Waals surface area contributed by atoms with Gasteiger partial charge in [-0.3, -0.25) is 4.79 Å². The predicted octanol–water partition coefficient (Wildman–Crippen LogP) is 1.40. The van der Waals surface area contributed by atoms with Crippen LogP contribution in [0.25, 0.3) is 0 Å². The van der Waals surface area contributed by atoms with Crippen LogP contribution in [0.2, 0.25) is 0 Å². The number of hydrogen-bond donors (Lipinski definition) is 1. The van der Waals surface area contributed by atoms with E-state index in [1.54, 1.807) is 0 Å². The average Bonchev–Trinajstić information content (AvgIpc) is 2.36. The Balaban J connectivity index is 2.60. The first kappa shape index (κ1) is 16.1. The molecule has 0 unspecified atom stereocenters. The van der Waals surface area contributed by atoms with Gasteiger partial charge in [0, 0.05) is 13.1 Å². The van der Waals surface area contributed by atoms with Crippen molar-refractivity contribution >= 4 is 12.0 Å². The van der Waals surface area contributed by atoms with E-state index in [4.69, 9.17) is 11.5 Å². The van der Waals surface area contributed by atoms with Gasteiger partial charge >= 0.3 is 18.2 Å². The van der Waals surface area contributed by atoms with E-state index in [1.807, 2.05) is 0 Å². The molecule has 0 saturated carbocycles. The Labute approximate surface area is 114 Å². The molecule has 5 nitrogen and oxygen atoms in total. The third-order valence-corrected chi connectivity index (χ3v) is 3.11. The minimum atomic E-state index is -4.26. The fraction of sp³-hybridized carbons (Fsp3) is 0.667. The van der Waals surface area contributed by atoms with Gasteiger partial charge in [0.15, 0.2) is 0 Å². The molecule has 8 heteroatoms. The van der Waals surface area contributed by atoms with Crippen molar-refractivity contribution in [3.8, 4) is 12.3 Å². The number of aliphatic carboxylic acids is 1. The topological polar surface area (TPSA) is 60.9 Å². The maximum atomic E-state index is 12.5. The Morgan fingerprint density at radius 1 is 1.35 bits per heavy atom. The molecule has 1 N–H and O–H groups in total. The van der Waals surface area contributed by atoms with E-state index in [-0.39, 0.29) is 32.5 Å². The summed E-state index contributed by atoms with van der Waals surface area (Å²) in [6.07, 6.45) is 0.443. The number of urea groups is 1. The number of terminal acetylenes is 1. The second-order valence-electron chi connectivity index (χ2n) is 4.54. The molecule has 1 saturated heterocycles. The number of carbonyl (C=O) groups is 2. The van der Waals surface area contributed by atoms with Gasteiger partial charge in [0.05, 0.1) is 12.5 Å². The van der Waals surface area contributed by atoms with Crippen molar-refractivity contribution in [2.45, 2.75) is 19.0 Å². The first-order valence-corrected chi connectivity index (χ1v) is 6.01. The van der Waals surface area contributed by atoms with E-state index < -0.39 is 30.6 Å². The number of likely N-dealkylation sites (tertiary alicyclic amines) is 1. The number of carboxylic acid groups (broad SMARTS) is 1. The quantitative estimate of drug-likeness (QED) is 0.800. The zero-order valence-corrected chi connectivity index (χ0v) is 10.7. The highest BCUT2D eigenvalue weighted by molar-refractivity contribution is 5.80. The van der Waals surface area contributed by atoms with Crippen LogP contribution in [0, 0.1) is 18.3 Å². The Morgan fingerprint density at radius 3 is 2.30 bits per heavy atom. The van der Waals surface area contributed by atoms with Crippen LogP contribution in [-0.4, -0.2) is 59.3 Å². The number of amides is 2. The van der Waals surface area contributed by atoms with Gasteiger partial charge in [-0.25, -0.2) is 4.79 Å². The van der Waals surface area contributed by atoms with Crippen LogP contribution in [-0.2, 0) is 4.79 Å². The molecule has 0 bridgehead atoms. The Morgan fingerprint density at radius 2 is 1.90 bits per heavy atom. The van der Waals surface area contributed by atoms with Crippen LogP contribution in [0.15, 0.2) is 0 Å². The molecule has 0 atom stereocenters. The SMILES string of the molecule is C#CCN(CC(=O)O)C(=O)N1CCC(C(F)(F)F)CC1. The van der Waals surface area contributed by atoms with E-state index in [0.717, 1.165) is 4.90 Å². The average molecular weight is 292 g/mol. The molecule has 0 radical (unpaired) electrons. The number of alkyl halides is 3. The lowest BCUT2D eigenvalue weighted by atomic mass is 9.96. The third-order valence-electron chi connectivity index (χ3n) is 3.11. The largest absolute Gasteiger partial charge is 0.480 e. The molecule has 1 heterocycles. The van der Waals surface area contributed by atoms with E-state index in [9.17, 15) is 22.8 Å². The predicted molar refractivity (Wildman–Crippen MR) is 63.8 cm³/mol. The maximum Gasteiger partial charge on any atom is 0.391 e. The molecule has 1 rings (SSSR count). The van der Waals surface area contributed by atoms with Gasteiger partial charge in [0.1, 0.15) is 6.54 Å². The zero-order valence-electron chi connectivity index (χ0n) is 10.7. The molecular weight excluding hydrogens is 277 g/mol. The van der Waals surface area contributed by atoms with Gasteiger partial charge in [-0.05, 0) is 12.8 Å². The first-order chi connectivity index (χ1) is 9.25. The fourth-order valence-electron chi connectivity index (χ4n) is 2.06. The standard InChI is InChI=1S/C12H15F3N2O3/c1-2-5-17(8-10(18)19)11(20)16-6-3-9(4-7-16)12(13,14)15/h1,9H,3-8H2,(H,18,19). The van der Waals surface area contributed by atoms with Gasteiger partial charge in [-0.2, -0.15) is 13.2 Å². The van der Waals surface area contributed by atoms with Gasteiger partial charge in [0.25, 0.3) is 0 Å². The van der Waals surface area contributed by atoms with Crippen molar-refractivity contribution < 1.29 is 27.9 Å². The Bertz CT molecular complexity index is 409. The summed E-state index contributed by atoms with van der Waals surface area (Å²) in [7, 11) is 0. The number of halogens is 3. The van der Waals surface area contributed by atoms with Crippen LogP contribution >= 0.6 is 0 Å². The highest BCUT2D eigenvalue weighted by atomic mass is 19.4. The number of nitrogens with zero attached hydrogens (tertiary/aromatic N) is 2. The summed E-state index contributed by atoms with van der Waals surface area (Å²) in [6, 6.07) is -0.633. The summed E-state index contributed by atoms with van der Waals surface area (Å²) in [4.78, 5) is 24.8. The summed E-state index contributed by atoms with van der Waals surface area (Å²) in [5.41, 5.74) is 0. The van der Waals surface area contributed by atoms with Crippen LogP contribution in [0.3, 0.4) is 0 Å². The Kier molecular flexibility index (Phi) is 5.25. The number of hydrogen-bond acceptors (Lipinski definition) is 2. The van der Waals surface area contributed by atoms with E-state index >= 15 is 0 Å². The molecule has 0 spiro atoms. The van der Waals surface area contributed by atoms with Crippen molar-refractivity contribution in [3.63, 3.8) is 0 Å². The molecule has 0 aromatic carbocycles. The second kappa shape index (κ2) is 6.50. The fourth-order valence-corrected chi connectivity index (χ4v) is 2.06. The lowest BCUT2D eigenvalue weighted by Crippen LogP contribution is -2.49. The van der Waals surface area contributed by atoms with Crippen molar-refractivity contribution in [1.29, 1.82) is 0 Å². The van der Waals surface area contributed by atoms with Crippen molar-refractivity contribution in [2.24, 2.45) is 5.92 Å². The monoisotopic (exact) mass is 292 g/mol. The molecule has 20 heavy (non-hydrogen) atoms. The molecule has 0 aliphatic carbocycles. The van der Waals surface area contributed by atoms with E-state index in [0.29, 0.717) is 0 Å². The summed E-state index contributed by atoms with van der Waals surface area (Å²) >= 11 is 0. The van der Waals surface area contributed by atoms with Gasteiger partial charge < -0.3 is 14.9 Å². The summed E-state index contributed by atoms with van der Waals surface area (Å²) < 4.78 is 37.5. The van der Waals surface area contributed by atoms with Crippen LogP contribution in [0.4, 0.5) is 18.0 Å². The van der Waals surface area contributed by atoms with E-state index in [2.05, 4.69) is 5.92 Å². The molecule has 0 aromatic heterocycles. The van der Waals surface area contributed by atoms with E-state index in [1.165, 1.54) is 4.90 Å². The Hall–Kier alpha value is -1.91. The molecule has 0 aromatic rings. The normalized spacial score (nSPS) is 16.6. The molecule has 2 amide bonds. The van der Waals surface area contributed by atoms with Crippen molar-refractivity contribution in [2.75, 3.05) is 26.2 Å². The summed E-state index contributed by atoms with van der Waals surface area (Å²) in [5, 5.41) is 8.68. The van der Waals surface area contributed by atoms with Crippen molar-refractivity contribution in [3.05, 3.63) is 0 Å². The van der Waals surface area contributed by atoms with Crippen LogP contribution in [0.1, 0.15) is 12.8 Å². The minimum Gasteiger partial charge on any atom is -0.480 e. The third kappa shape index (κ3) is 4.33. The highest BCUT2D eigenvalue weighted by Gasteiger charge is 2.42. The lowest BCUT2D eigenvalue weighted by molar-refractivity contribution is -0.183. The van der Waals surface area contributed by atoms with Gasteiger partial charge in [0.2, 0.25) is 0 Å². The molecule has 1 fully saturated rings. The van der Waals surface area contributed by atoms with Crippen LogP contribution < -0.4 is 0 Å². The smallest absolute Gasteiger partial charge is 0.391 e. The molecular formula is C12H15F3N2O3. The number of carbonyl (C=O) groups excluding carboxylic acids is 1. The minimum absolute atomic E-state index is 0.0519. The number of rotatable bonds is 3. The maximum absolute atomic E-state index is 12.5. The van der Waals surface area contributed by atoms with Crippen LogP contribution in [0.5, 0.6) is 0 Å². The first-order valence-electron chi connectivity index (χ1n) is 6.01. The van der Waals surface area contributed by atoms with Crippen molar-refractivity contribution in [1.82, 2.24) is 9.80 Å². The molecule has 112 valence electrons. The summed E-state index contributed by atoms with van der Waals surface area (Å²) in [5.74, 6) is -0.472. The molecule has 1 aliphatic heterocycles. The summed E-state index contributed by atoms with van der Waals surface area (Å²) in [6.45, 7) is -0.861. The number of carboxylic acids is 1. The van der Waals surface area contributed by atoms with Gasteiger partial charge in [-0.1, -0.05) is 5.92 Å². The second-order valence-corrected chi connectivity index (χ2v) is 4.54. The lowest BCUT2D eigenvalue weighted by Gasteiger charge is -2.35. The van der Waals surface area contributed by atoms with Gasteiger partial charge in [-0.15, -0.1) is 6.42 Å². The number of piperidine rings is 1. The molecule has 1 aliphatic rings. The zero-order chi connectivity index (χ0) is 15.3. The highest BCUT2D eigenvalue weighted by Crippen LogP contribution is 2.34.